The van der Waals surface area contributed by atoms with Crippen LogP contribution in [-0.2, 0) is 19.7 Å². The van der Waals surface area contributed by atoms with Gasteiger partial charge >= 0.3 is 0 Å². The summed E-state index contributed by atoms with van der Waals surface area (Å²) in [5.74, 6) is 3.09. The molecule has 0 spiro atoms. The van der Waals surface area contributed by atoms with Crippen molar-refractivity contribution >= 4 is 0 Å². The maximum atomic E-state index is 6.00. The summed E-state index contributed by atoms with van der Waals surface area (Å²) < 4.78 is 22.3. The number of aryl methyl sites for hydroxylation is 1. The van der Waals surface area contributed by atoms with E-state index in [0.29, 0.717) is 13.4 Å². The number of benzene rings is 3. The highest BCUT2D eigenvalue weighted by molar-refractivity contribution is 5.45. The van der Waals surface area contributed by atoms with E-state index in [1.54, 1.807) is 7.11 Å². The number of ether oxygens (including phenoxy) is 4. The van der Waals surface area contributed by atoms with Gasteiger partial charge < -0.3 is 36.7 Å². The maximum absolute atomic E-state index is 6.00. The molecule has 0 saturated heterocycles. The van der Waals surface area contributed by atoms with Gasteiger partial charge in [0.2, 0.25) is 6.79 Å². The number of halogens is 1. The minimum atomic E-state index is 0. The molecule has 4 rings (SSSR count). The fraction of sp³-hybridized carbons (Fsp3) is 0.250. The fourth-order valence-corrected chi connectivity index (χ4v) is 3.27. The quantitative estimate of drug-likeness (QED) is 0.593. The van der Waals surface area contributed by atoms with E-state index < -0.39 is 0 Å². The Bertz CT molecular complexity index is 993. The molecular formula is C24H25ClNO4-. The minimum Gasteiger partial charge on any atom is -1.00 e. The number of methoxy groups -OCH3 is 1. The van der Waals surface area contributed by atoms with E-state index in [2.05, 4.69) is 30.4 Å². The van der Waals surface area contributed by atoms with Gasteiger partial charge in [0, 0.05) is 13.1 Å². The van der Waals surface area contributed by atoms with Gasteiger partial charge in [-0.05, 0) is 53.4 Å². The Morgan fingerprint density at radius 2 is 1.60 bits per heavy atom. The Kier molecular flexibility index (Phi) is 7.44. The van der Waals surface area contributed by atoms with Gasteiger partial charge in [-0.1, -0.05) is 36.4 Å². The average Bonchev–Trinajstić information content (AvgIpc) is 3.21. The molecule has 6 heteroatoms. The van der Waals surface area contributed by atoms with Crippen molar-refractivity contribution in [2.45, 2.75) is 26.6 Å². The van der Waals surface area contributed by atoms with Crippen molar-refractivity contribution in [3.63, 3.8) is 0 Å². The van der Waals surface area contributed by atoms with Crippen molar-refractivity contribution in [2.75, 3.05) is 13.9 Å². The van der Waals surface area contributed by atoms with Crippen LogP contribution in [0.5, 0.6) is 23.0 Å². The zero-order valence-electron chi connectivity index (χ0n) is 17.1. The number of rotatable bonds is 8. The third kappa shape index (κ3) is 5.17. The molecule has 3 aromatic rings. The smallest absolute Gasteiger partial charge is 0.231 e. The van der Waals surface area contributed by atoms with Crippen molar-refractivity contribution in [2.24, 2.45) is 0 Å². The highest BCUT2D eigenvalue weighted by Crippen LogP contribution is 2.32. The normalized spacial score (nSPS) is 11.7. The SMILES string of the molecule is COc1cc(CNCc2ccc3c(c2)OCO3)ccc1OCc1ccccc1C.[Cl-]. The maximum Gasteiger partial charge on any atom is 0.231 e. The first-order chi connectivity index (χ1) is 14.2. The largest absolute Gasteiger partial charge is 1.00 e. The molecule has 3 aromatic carbocycles. The zero-order chi connectivity index (χ0) is 20.1. The molecule has 158 valence electrons. The molecule has 1 heterocycles. The van der Waals surface area contributed by atoms with Gasteiger partial charge in [-0.25, -0.2) is 0 Å². The van der Waals surface area contributed by atoms with Gasteiger partial charge in [0.1, 0.15) is 6.61 Å². The molecule has 0 aliphatic carbocycles. The summed E-state index contributed by atoms with van der Waals surface area (Å²) in [4.78, 5) is 0. The van der Waals surface area contributed by atoms with Crippen LogP contribution in [0.2, 0.25) is 0 Å². The molecule has 0 amide bonds. The van der Waals surface area contributed by atoms with E-state index in [1.165, 1.54) is 11.1 Å². The van der Waals surface area contributed by atoms with E-state index in [9.17, 15) is 0 Å². The third-order valence-corrected chi connectivity index (χ3v) is 4.97. The number of nitrogens with one attached hydrogen (secondary N) is 1. The molecule has 1 aliphatic rings. The van der Waals surface area contributed by atoms with Crippen molar-refractivity contribution in [1.82, 2.24) is 5.32 Å². The summed E-state index contributed by atoms with van der Waals surface area (Å²) in [6.45, 7) is 4.37. The molecule has 0 fully saturated rings. The number of hydrogen-bond donors (Lipinski definition) is 1. The first-order valence-electron chi connectivity index (χ1n) is 9.66. The summed E-state index contributed by atoms with van der Waals surface area (Å²) in [5.41, 5.74) is 4.67. The lowest BCUT2D eigenvalue weighted by molar-refractivity contribution is -0.00000805. The molecule has 0 aromatic heterocycles. The zero-order valence-corrected chi connectivity index (χ0v) is 17.9. The molecule has 30 heavy (non-hydrogen) atoms. The van der Waals surface area contributed by atoms with Crippen molar-refractivity contribution in [3.8, 4) is 23.0 Å². The topological polar surface area (TPSA) is 49.0 Å². The lowest BCUT2D eigenvalue weighted by atomic mass is 10.1. The summed E-state index contributed by atoms with van der Waals surface area (Å²) in [6.07, 6.45) is 0. The standard InChI is InChI=1S/C24H25NO4.ClH/c1-17-5-3-4-6-20(17)15-27-21-9-7-18(11-23(21)26-2)13-25-14-19-8-10-22-24(12-19)29-16-28-22;/h3-12,25H,13-16H2,1-2H3;1H/p-1. The molecule has 5 nitrogen and oxygen atoms in total. The average molecular weight is 427 g/mol. The highest BCUT2D eigenvalue weighted by atomic mass is 35.5. The summed E-state index contributed by atoms with van der Waals surface area (Å²) in [7, 11) is 1.67. The monoisotopic (exact) mass is 426 g/mol. The third-order valence-electron chi connectivity index (χ3n) is 4.97. The van der Waals surface area contributed by atoms with Crippen LogP contribution in [0.15, 0.2) is 60.7 Å². The highest BCUT2D eigenvalue weighted by Gasteiger charge is 2.13. The van der Waals surface area contributed by atoms with Crippen molar-refractivity contribution in [1.29, 1.82) is 0 Å². The minimum absolute atomic E-state index is 0. The van der Waals surface area contributed by atoms with Gasteiger partial charge in [-0.3, -0.25) is 0 Å². The van der Waals surface area contributed by atoms with Crippen LogP contribution in [0.3, 0.4) is 0 Å². The second-order valence-corrected chi connectivity index (χ2v) is 6.99. The summed E-state index contributed by atoms with van der Waals surface area (Å²) in [6, 6.07) is 20.3. The van der Waals surface area contributed by atoms with Crippen LogP contribution in [0.4, 0.5) is 0 Å². The van der Waals surface area contributed by atoms with Crippen LogP contribution in [0, 0.1) is 6.92 Å². The van der Waals surface area contributed by atoms with Crippen LogP contribution >= 0.6 is 0 Å². The molecular weight excluding hydrogens is 402 g/mol. The molecule has 0 unspecified atom stereocenters. The number of fused-ring (bicyclic) bond motifs is 1. The van der Waals surface area contributed by atoms with E-state index in [1.807, 2.05) is 42.5 Å². The summed E-state index contributed by atoms with van der Waals surface area (Å²) in [5, 5.41) is 3.45. The van der Waals surface area contributed by atoms with Crippen molar-refractivity contribution in [3.05, 3.63) is 82.9 Å². The van der Waals surface area contributed by atoms with Gasteiger partial charge in [0.25, 0.3) is 0 Å². The van der Waals surface area contributed by atoms with Crippen LogP contribution in [0.25, 0.3) is 0 Å². The van der Waals surface area contributed by atoms with Crippen molar-refractivity contribution < 1.29 is 31.4 Å². The molecule has 0 radical (unpaired) electrons. The van der Waals surface area contributed by atoms with E-state index in [0.717, 1.165) is 47.2 Å². The lowest BCUT2D eigenvalue weighted by Crippen LogP contribution is -3.00. The predicted molar refractivity (Wildman–Crippen MR) is 112 cm³/mol. The van der Waals surface area contributed by atoms with E-state index in [4.69, 9.17) is 18.9 Å². The Morgan fingerprint density at radius 3 is 2.40 bits per heavy atom. The first kappa shape index (κ1) is 21.8. The molecule has 0 atom stereocenters. The van der Waals surface area contributed by atoms with Gasteiger partial charge in [0.05, 0.1) is 7.11 Å². The second kappa shape index (κ2) is 10.2. The first-order valence-corrected chi connectivity index (χ1v) is 9.66. The van der Waals surface area contributed by atoms with Crippen LogP contribution < -0.4 is 36.7 Å². The predicted octanol–water partition coefficient (Wildman–Crippen LogP) is 1.61. The van der Waals surface area contributed by atoms with Crippen LogP contribution in [0.1, 0.15) is 22.3 Å². The number of hydrogen-bond acceptors (Lipinski definition) is 5. The molecule has 0 bridgehead atoms. The molecule has 0 saturated carbocycles. The van der Waals surface area contributed by atoms with Gasteiger partial charge in [0.15, 0.2) is 23.0 Å². The van der Waals surface area contributed by atoms with E-state index >= 15 is 0 Å². The second-order valence-electron chi connectivity index (χ2n) is 6.99. The summed E-state index contributed by atoms with van der Waals surface area (Å²) >= 11 is 0. The molecule has 1 aliphatic heterocycles. The Morgan fingerprint density at radius 1 is 0.867 bits per heavy atom. The Hall–Kier alpha value is -2.89. The fourth-order valence-electron chi connectivity index (χ4n) is 3.27. The van der Waals surface area contributed by atoms with Crippen LogP contribution in [-0.4, -0.2) is 13.9 Å². The Labute approximate surface area is 183 Å². The van der Waals surface area contributed by atoms with Gasteiger partial charge in [-0.15, -0.1) is 0 Å². The van der Waals surface area contributed by atoms with Gasteiger partial charge in [-0.2, -0.15) is 0 Å². The van der Waals surface area contributed by atoms with E-state index in [-0.39, 0.29) is 12.4 Å². The molecule has 1 N–H and O–H groups in total. The lowest BCUT2D eigenvalue weighted by Gasteiger charge is -2.14. The Balaban J connectivity index is 0.00000256.